The van der Waals surface area contributed by atoms with Crippen LogP contribution in [0.3, 0.4) is 0 Å². The number of thiophene rings is 1. The molecule has 1 heterocycles. The van der Waals surface area contributed by atoms with Crippen molar-refractivity contribution >= 4 is 33.3 Å². The second-order valence-electron chi connectivity index (χ2n) is 4.22. The summed E-state index contributed by atoms with van der Waals surface area (Å²) in [6.45, 7) is 1.11. The lowest BCUT2D eigenvalue weighted by Crippen LogP contribution is -2.35. The first kappa shape index (κ1) is 16.4. The van der Waals surface area contributed by atoms with E-state index in [4.69, 9.17) is 4.74 Å². The lowest BCUT2D eigenvalue weighted by molar-refractivity contribution is 0.241. The predicted octanol–water partition coefficient (Wildman–Crippen LogP) is 3.39. The van der Waals surface area contributed by atoms with Gasteiger partial charge in [0, 0.05) is 9.35 Å². The first-order valence-electron chi connectivity index (χ1n) is 6.62. The lowest BCUT2D eigenvalue weighted by atomic mass is 10.3. The highest BCUT2D eigenvalue weighted by Gasteiger charge is 1.98. The van der Waals surface area contributed by atoms with Gasteiger partial charge in [0.05, 0.1) is 13.1 Å². The maximum absolute atomic E-state index is 11.5. The fourth-order valence-corrected chi connectivity index (χ4v) is 2.58. The monoisotopic (exact) mass is 378 g/mol. The van der Waals surface area contributed by atoms with Gasteiger partial charge in [-0.15, -0.1) is 11.3 Å². The van der Waals surface area contributed by atoms with Gasteiger partial charge in [-0.3, -0.25) is 0 Å². The minimum atomic E-state index is -0.226. The number of ether oxygens (including phenoxy) is 1. The highest BCUT2D eigenvalue weighted by Crippen LogP contribution is 2.17. The zero-order chi connectivity index (χ0) is 15.6. The molecular weight excluding hydrogens is 364 g/mol. The summed E-state index contributed by atoms with van der Waals surface area (Å²) in [6.07, 6.45) is 0. The Kier molecular flexibility index (Phi) is 6.81. The van der Waals surface area contributed by atoms with Gasteiger partial charge in [0.1, 0.15) is 12.4 Å². The molecule has 0 aliphatic heterocycles. The molecule has 22 heavy (non-hydrogen) atoms. The van der Waals surface area contributed by atoms with Crippen LogP contribution in [-0.4, -0.2) is 19.2 Å². The van der Waals surface area contributed by atoms with Crippen LogP contribution in [0.2, 0.25) is 0 Å². The summed E-state index contributed by atoms with van der Waals surface area (Å²) in [5, 5.41) is 7.41. The molecule has 2 amide bonds. The molecule has 0 aliphatic rings. The molecule has 1 aromatic heterocycles. The Labute approximate surface area is 142 Å². The van der Waals surface area contributed by atoms with E-state index in [0.29, 0.717) is 6.54 Å². The summed E-state index contributed by atoms with van der Waals surface area (Å²) in [4.78, 5) is 12.6. The Morgan fingerprint density at radius 2 is 2.14 bits per heavy atom. The third-order valence-electron chi connectivity index (χ3n) is 2.57. The number of rotatable bonds is 5. The molecule has 2 aromatic rings. The third-order valence-corrected chi connectivity index (χ3v) is 3.94. The Balaban J connectivity index is 1.59. The van der Waals surface area contributed by atoms with Crippen molar-refractivity contribution in [2.75, 3.05) is 13.2 Å². The largest absolute Gasteiger partial charge is 0.481 e. The van der Waals surface area contributed by atoms with E-state index >= 15 is 0 Å². The number of halogens is 1. The van der Waals surface area contributed by atoms with Crippen molar-refractivity contribution in [3.63, 3.8) is 0 Å². The number of hydrogen-bond acceptors (Lipinski definition) is 3. The Bertz CT molecular complexity index is 662. The second kappa shape index (κ2) is 9.13. The van der Waals surface area contributed by atoms with Gasteiger partial charge in [-0.05, 0) is 29.6 Å². The van der Waals surface area contributed by atoms with Crippen LogP contribution in [0.15, 0.2) is 46.3 Å². The van der Waals surface area contributed by atoms with Crippen molar-refractivity contribution in [1.29, 1.82) is 0 Å². The first-order chi connectivity index (χ1) is 10.7. The molecule has 4 nitrogen and oxygen atoms in total. The number of nitrogens with one attached hydrogen (secondary N) is 2. The normalized spacial score (nSPS) is 9.50. The fraction of sp³-hybridized carbons (Fsp3) is 0.188. The van der Waals surface area contributed by atoms with Gasteiger partial charge in [-0.1, -0.05) is 39.9 Å². The van der Waals surface area contributed by atoms with E-state index < -0.39 is 0 Å². The molecule has 0 fully saturated rings. The minimum absolute atomic E-state index is 0.226. The fourth-order valence-electron chi connectivity index (χ4n) is 1.56. The van der Waals surface area contributed by atoms with Gasteiger partial charge in [0.2, 0.25) is 0 Å². The smallest absolute Gasteiger partial charge is 0.315 e. The van der Waals surface area contributed by atoms with Gasteiger partial charge in [0.15, 0.2) is 0 Å². The SMILES string of the molecule is O=C(NCC#CCOc1cccc(Br)c1)NCc1cccs1. The van der Waals surface area contributed by atoms with E-state index in [1.165, 1.54) is 0 Å². The molecular formula is C16H15BrN2O2S. The molecule has 1 aromatic carbocycles. The van der Waals surface area contributed by atoms with Crippen LogP contribution in [0.25, 0.3) is 0 Å². The van der Waals surface area contributed by atoms with Crippen molar-refractivity contribution in [3.8, 4) is 17.6 Å². The number of urea groups is 1. The summed E-state index contributed by atoms with van der Waals surface area (Å²) in [5.74, 6) is 6.44. The Morgan fingerprint density at radius 3 is 2.91 bits per heavy atom. The second-order valence-corrected chi connectivity index (χ2v) is 6.16. The van der Waals surface area contributed by atoms with Crippen molar-refractivity contribution in [2.45, 2.75) is 6.54 Å². The van der Waals surface area contributed by atoms with Gasteiger partial charge in [-0.2, -0.15) is 0 Å². The van der Waals surface area contributed by atoms with Crippen LogP contribution in [0.1, 0.15) is 4.88 Å². The molecule has 0 unspecified atom stereocenters. The molecule has 114 valence electrons. The number of hydrogen-bond donors (Lipinski definition) is 2. The third kappa shape index (κ3) is 6.20. The van der Waals surface area contributed by atoms with E-state index in [1.54, 1.807) is 11.3 Å². The molecule has 0 atom stereocenters. The zero-order valence-electron chi connectivity index (χ0n) is 11.8. The summed E-state index contributed by atoms with van der Waals surface area (Å²) < 4.78 is 6.42. The highest BCUT2D eigenvalue weighted by molar-refractivity contribution is 9.10. The molecule has 0 radical (unpaired) electrons. The Hall–Kier alpha value is -1.97. The minimum Gasteiger partial charge on any atom is -0.481 e. The highest BCUT2D eigenvalue weighted by atomic mass is 79.9. The molecule has 0 saturated carbocycles. The number of amides is 2. The van der Waals surface area contributed by atoms with E-state index in [0.717, 1.165) is 15.1 Å². The predicted molar refractivity (Wildman–Crippen MR) is 92.0 cm³/mol. The van der Waals surface area contributed by atoms with Gasteiger partial charge < -0.3 is 15.4 Å². The van der Waals surface area contributed by atoms with Crippen LogP contribution in [-0.2, 0) is 6.54 Å². The van der Waals surface area contributed by atoms with Crippen LogP contribution in [0.5, 0.6) is 5.75 Å². The van der Waals surface area contributed by atoms with Gasteiger partial charge >= 0.3 is 6.03 Å². The van der Waals surface area contributed by atoms with Crippen molar-refractivity contribution < 1.29 is 9.53 Å². The summed E-state index contributed by atoms with van der Waals surface area (Å²) >= 11 is 4.98. The molecule has 0 saturated heterocycles. The molecule has 0 aliphatic carbocycles. The number of benzene rings is 1. The van der Waals surface area contributed by atoms with Crippen LogP contribution in [0, 0.1) is 11.8 Å². The maximum atomic E-state index is 11.5. The topological polar surface area (TPSA) is 50.4 Å². The molecule has 2 N–H and O–H groups in total. The quantitative estimate of drug-likeness (QED) is 0.783. The van der Waals surface area contributed by atoms with Crippen molar-refractivity contribution in [2.24, 2.45) is 0 Å². The lowest BCUT2D eigenvalue weighted by Gasteiger charge is -2.03. The standard InChI is InChI=1S/C16H15BrN2O2S/c17-13-5-3-6-14(11-13)21-9-2-1-8-18-16(20)19-12-15-7-4-10-22-15/h3-7,10-11H,8-9,12H2,(H2,18,19,20). The van der Waals surface area contributed by atoms with E-state index in [1.807, 2.05) is 41.8 Å². The first-order valence-corrected chi connectivity index (χ1v) is 8.29. The average molecular weight is 379 g/mol. The van der Waals surface area contributed by atoms with Crippen LogP contribution >= 0.6 is 27.3 Å². The Morgan fingerprint density at radius 1 is 1.23 bits per heavy atom. The molecule has 2 rings (SSSR count). The van der Waals surface area contributed by atoms with Crippen LogP contribution in [0.4, 0.5) is 4.79 Å². The average Bonchev–Trinajstić information content (AvgIpc) is 3.02. The van der Waals surface area contributed by atoms with Gasteiger partial charge in [-0.25, -0.2) is 4.79 Å². The van der Waals surface area contributed by atoms with Crippen LogP contribution < -0.4 is 15.4 Å². The van der Waals surface area contributed by atoms with Crippen molar-refractivity contribution in [1.82, 2.24) is 10.6 Å². The number of carbonyl (C=O) groups is 1. The summed E-state index contributed by atoms with van der Waals surface area (Å²) in [7, 11) is 0. The van der Waals surface area contributed by atoms with E-state index in [2.05, 4.69) is 38.4 Å². The van der Waals surface area contributed by atoms with Gasteiger partial charge in [0.25, 0.3) is 0 Å². The molecule has 0 bridgehead atoms. The van der Waals surface area contributed by atoms with E-state index in [-0.39, 0.29) is 19.2 Å². The number of carbonyl (C=O) groups excluding carboxylic acids is 1. The summed E-state index contributed by atoms with van der Waals surface area (Å²) in [5.41, 5.74) is 0. The maximum Gasteiger partial charge on any atom is 0.315 e. The van der Waals surface area contributed by atoms with Crippen molar-refractivity contribution in [3.05, 3.63) is 51.1 Å². The summed E-state index contributed by atoms with van der Waals surface area (Å²) in [6, 6.07) is 11.3. The molecule has 0 spiro atoms. The molecule has 6 heteroatoms. The van der Waals surface area contributed by atoms with E-state index in [9.17, 15) is 4.79 Å². The zero-order valence-corrected chi connectivity index (χ0v) is 14.2.